The van der Waals surface area contributed by atoms with E-state index in [4.69, 9.17) is 0 Å². The van der Waals surface area contributed by atoms with Gasteiger partial charge >= 0.3 is 0 Å². The fourth-order valence-electron chi connectivity index (χ4n) is 1.40. The number of Topliss-reactive ketones (excluding diaryl/α,β-unsaturated/α-hetero) is 1. The zero-order valence-electron chi connectivity index (χ0n) is 9.18. The van der Waals surface area contributed by atoms with Crippen LogP contribution in [0.3, 0.4) is 0 Å². The van der Waals surface area contributed by atoms with Gasteiger partial charge in [-0.25, -0.2) is 9.97 Å². The summed E-state index contributed by atoms with van der Waals surface area (Å²) in [6.07, 6.45) is 3.37. The minimum absolute atomic E-state index is 0.00272. The molecule has 0 spiro atoms. The lowest BCUT2D eigenvalue weighted by Gasteiger charge is -2.04. The lowest BCUT2D eigenvalue weighted by molar-refractivity contribution is 0.0940. The highest BCUT2D eigenvalue weighted by atomic mass is 32.1. The van der Waals surface area contributed by atoms with E-state index in [1.807, 2.05) is 25.3 Å². The summed E-state index contributed by atoms with van der Waals surface area (Å²) in [7, 11) is 0. The predicted octanol–water partition coefficient (Wildman–Crippen LogP) is 3.04. The highest BCUT2D eigenvalue weighted by Crippen LogP contribution is 2.28. The highest BCUT2D eigenvalue weighted by Gasteiger charge is 2.18. The van der Waals surface area contributed by atoms with Crippen molar-refractivity contribution in [3.8, 4) is 10.7 Å². The van der Waals surface area contributed by atoms with E-state index in [-0.39, 0.29) is 11.7 Å². The quantitative estimate of drug-likeness (QED) is 0.764. The van der Waals surface area contributed by atoms with Crippen molar-refractivity contribution in [2.45, 2.75) is 13.8 Å². The Morgan fingerprint density at radius 3 is 2.62 bits per heavy atom. The van der Waals surface area contributed by atoms with Gasteiger partial charge in [0.25, 0.3) is 0 Å². The maximum absolute atomic E-state index is 12.0. The topological polar surface area (TPSA) is 42.9 Å². The van der Waals surface area contributed by atoms with Gasteiger partial charge in [-0.15, -0.1) is 11.3 Å². The number of rotatable bonds is 3. The van der Waals surface area contributed by atoms with Crippen LogP contribution in [0.4, 0.5) is 0 Å². The SMILES string of the molecule is CC(C)C(=O)c1ccsc1-c1ncccn1. The van der Waals surface area contributed by atoms with Gasteiger partial charge in [-0.05, 0) is 17.5 Å². The van der Waals surface area contributed by atoms with Crippen molar-refractivity contribution in [3.63, 3.8) is 0 Å². The Morgan fingerprint density at radius 2 is 2.00 bits per heavy atom. The van der Waals surface area contributed by atoms with Crippen molar-refractivity contribution in [2.75, 3.05) is 0 Å². The summed E-state index contributed by atoms with van der Waals surface area (Å²) in [5.74, 6) is 0.766. The number of thiophene rings is 1. The zero-order valence-corrected chi connectivity index (χ0v) is 9.99. The van der Waals surface area contributed by atoms with E-state index in [0.29, 0.717) is 5.82 Å². The van der Waals surface area contributed by atoms with Crippen molar-refractivity contribution in [1.82, 2.24) is 9.97 Å². The summed E-state index contributed by atoms with van der Waals surface area (Å²) < 4.78 is 0. The third-order valence-corrected chi connectivity index (χ3v) is 3.13. The molecule has 2 aromatic rings. The average Bonchev–Trinajstić information content (AvgIpc) is 2.77. The molecule has 82 valence electrons. The lowest BCUT2D eigenvalue weighted by Crippen LogP contribution is -2.07. The summed E-state index contributed by atoms with van der Waals surface area (Å²) in [6, 6.07) is 3.61. The molecule has 0 unspecified atom stereocenters. The molecular formula is C12H12N2OS. The molecule has 0 aromatic carbocycles. The van der Waals surface area contributed by atoms with Gasteiger partial charge in [0, 0.05) is 23.9 Å². The molecule has 0 radical (unpaired) electrons. The molecule has 2 heterocycles. The van der Waals surface area contributed by atoms with Crippen molar-refractivity contribution in [2.24, 2.45) is 5.92 Å². The van der Waals surface area contributed by atoms with E-state index >= 15 is 0 Å². The maximum Gasteiger partial charge on any atom is 0.170 e. The maximum atomic E-state index is 12.0. The normalized spacial score (nSPS) is 10.7. The molecule has 0 aliphatic heterocycles. The standard InChI is InChI=1S/C12H12N2OS/c1-8(2)10(15)9-4-7-16-11(9)12-13-5-3-6-14-12/h3-8H,1-2H3. The van der Waals surface area contributed by atoms with Crippen LogP contribution in [0, 0.1) is 5.92 Å². The molecule has 0 bridgehead atoms. The Bertz CT molecular complexity index is 491. The van der Waals surface area contributed by atoms with Crippen LogP contribution in [0.2, 0.25) is 0 Å². The van der Waals surface area contributed by atoms with Crippen molar-refractivity contribution >= 4 is 17.1 Å². The number of aromatic nitrogens is 2. The fourth-order valence-corrected chi connectivity index (χ4v) is 2.25. The molecule has 2 aromatic heterocycles. The lowest BCUT2D eigenvalue weighted by atomic mass is 10.0. The minimum Gasteiger partial charge on any atom is -0.294 e. The van der Waals surface area contributed by atoms with E-state index in [1.54, 1.807) is 18.5 Å². The Kier molecular flexibility index (Phi) is 3.10. The Balaban J connectivity index is 2.45. The predicted molar refractivity (Wildman–Crippen MR) is 64.5 cm³/mol. The molecule has 3 nitrogen and oxygen atoms in total. The third kappa shape index (κ3) is 2.02. The molecule has 0 N–H and O–H groups in total. The molecule has 0 aliphatic carbocycles. The zero-order chi connectivity index (χ0) is 11.5. The average molecular weight is 232 g/mol. The molecule has 0 fully saturated rings. The van der Waals surface area contributed by atoms with Gasteiger partial charge in [0.05, 0.1) is 4.88 Å². The molecule has 2 rings (SSSR count). The van der Waals surface area contributed by atoms with Crippen LogP contribution in [-0.4, -0.2) is 15.8 Å². The highest BCUT2D eigenvalue weighted by molar-refractivity contribution is 7.14. The van der Waals surface area contributed by atoms with Gasteiger partial charge in [-0.1, -0.05) is 13.8 Å². The summed E-state index contributed by atoms with van der Waals surface area (Å²) in [4.78, 5) is 21.2. The number of hydrogen-bond donors (Lipinski definition) is 0. The van der Waals surface area contributed by atoms with E-state index in [2.05, 4.69) is 9.97 Å². The molecular weight excluding hydrogens is 220 g/mol. The second-order valence-corrected chi connectivity index (χ2v) is 4.67. The summed E-state index contributed by atoms with van der Waals surface area (Å²) in [5, 5.41) is 1.90. The number of nitrogens with zero attached hydrogens (tertiary/aromatic N) is 2. The van der Waals surface area contributed by atoms with Crippen LogP contribution in [0.5, 0.6) is 0 Å². The van der Waals surface area contributed by atoms with Gasteiger partial charge < -0.3 is 0 Å². The van der Waals surface area contributed by atoms with Crippen molar-refractivity contribution in [3.05, 3.63) is 35.5 Å². The largest absolute Gasteiger partial charge is 0.294 e. The Labute approximate surface area is 98.2 Å². The molecule has 4 heteroatoms. The molecule has 0 aliphatic rings. The fraction of sp³-hybridized carbons (Fsp3) is 0.250. The van der Waals surface area contributed by atoms with Gasteiger partial charge in [0.1, 0.15) is 0 Å². The molecule has 16 heavy (non-hydrogen) atoms. The summed E-state index contributed by atoms with van der Waals surface area (Å²) in [6.45, 7) is 3.80. The van der Waals surface area contributed by atoms with Crippen LogP contribution >= 0.6 is 11.3 Å². The van der Waals surface area contributed by atoms with Crippen LogP contribution in [-0.2, 0) is 0 Å². The first kappa shape index (κ1) is 11.0. The monoisotopic (exact) mass is 232 g/mol. The minimum atomic E-state index is -0.00272. The van der Waals surface area contributed by atoms with Gasteiger partial charge in [0.15, 0.2) is 11.6 Å². The van der Waals surface area contributed by atoms with E-state index in [9.17, 15) is 4.79 Å². The second-order valence-electron chi connectivity index (χ2n) is 3.75. The van der Waals surface area contributed by atoms with Crippen LogP contribution in [0.15, 0.2) is 29.9 Å². The third-order valence-electron chi connectivity index (χ3n) is 2.22. The van der Waals surface area contributed by atoms with E-state index in [0.717, 1.165) is 10.4 Å². The van der Waals surface area contributed by atoms with Gasteiger partial charge in [0.2, 0.25) is 0 Å². The van der Waals surface area contributed by atoms with E-state index < -0.39 is 0 Å². The van der Waals surface area contributed by atoms with E-state index in [1.165, 1.54) is 11.3 Å². The Hall–Kier alpha value is -1.55. The Morgan fingerprint density at radius 1 is 1.31 bits per heavy atom. The summed E-state index contributed by atoms with van der Waals surface area (Å²) in [5.41, 5.74) is 0.728. The number of carbonyl (C=O) groups is 1. The smallest absolute Gasteiger partial charge is 0.170 e. The molecule has 0 saturated heterocycles. The van der Waals surface area contributed by atoms with Crippen molar-refractivity contribution in [1.29, 1.82) is 0 Å². The number of carbonyl (C=O) groups excluding carboxylic acids is 1. The van der Waals surface area contributed by atoms with Crippen molar-refractivity contribution < 1.29 is 4.79 Å². The van der Waals surface area contributed by atoms with Crippen LogP contribution < -0.4 is 0 Å². The first-order chi connectivity index (χ1) is 7.70. The van der Waals surface area contributed by atoms with Crippen LogP contribution in [0.25, 0.3) is 10.7 Å². The molecule has 0 atom stereocenters. The first-order valence-corrected chi connectivity index (χ1v) is 5.97. The number of hydrogen-bond acceptors (Lipinski definition) is 4. The second kappa shape index (κ2) is 4.53. The van der Waals surface area contributed by atoms with Gasteiger partial charge in [-0.3, -0.25) is 4.79 Å². The number of ketones is 1. The summed E-state index contributed by atoms with van der Waals surface area (Å²) >= 11 is 1.50. The van der Waals surface area contributed by atoms with Crippen LogP contribution in [0.1, 0.15) is 24.2 Å². The van der Waals surface area contributed by atoms with Gasteiger partial charge in [-0.2, -0.15) is 0 Å². The first-order valence-electron chi connectivity index (χ1n) is 5.09. The molecule has 0 saturated carbocycles. The molecule has 0 amide bonds.